The minimum atomic E-state index is 0.314. The van der Waals surface area contributed by atoms with Gasteiger partial charge in [-0.1, -0.05) is 12.1 Å². The highest BCUT2D eigenvalue weighted by atomic mass is 35.5. The molecular formula is C19H21ClN4OS. The zero-order valence-electron chi connectivity index (χ0n) is 15.1. The molecular weight excluding hydrogens is 368 g/mol. The maximum atomic E-state index is 6.25. The van der Waals surface area contributed by atoms with Crippen LogP contribution in [0.4, 0.5) is 5.82 Å². The molecule has 1 aliphatic heterocycles. The monoisotopic (exact) mass is 388 g/mol. The number of likely N-dealkylation sites (N-methyl/N-ethyl adjacent to an activating group) is 1. The summed E-state index contributed by atoms with van der Waals surface area (Å²) in [5.74, 6) is 1.80. The third-order valence-electron chi connectivity index (χ3n) is 4.86. The lowest BCUT2D eigenvalue weighted by Crippen LogP contribution is -2.44. The van der Waals surface area contributed by atoms with Gasteiger partial charge in [0, 0.05) is 36.6 Å². The second-order valence-electron chi connectivity index (χ2n) is 6.55. The molecule has 0 radical (unpaired) electrons. The standard InChI is InChI=1S/C19H21ClN4OS/c1-12-15(13-4-6-14(25-3)7-5-13)16-17(21-19(20)22-18(16)26-12)24-10-8-23(2)9-11-24/h4-7H,8-11H2,1-3H3. The number of thiophene rings is 1. The van der Waals surface area contributed by atoms with Crippen molar-refractivity contribution in [2.24, 2.45) is 0 Å². The number of benzene rings is 1. The van der Waals surface area contributed by atoms with Crippen molar-refractivity contribution < 1.29 is 4.74 Å². The highest BCUT2D eigenvalue weighted by Gasteiger charge is 2.23. The molecule has 26 heavy (non-hydrogen) atoms. The van der Waals surface area contributed by atoms with Crippen LogP contribution in [0.25, 0.3) is 21.3 Å². The lowest BCUT2D eigenvalue weighted by Gasteiger charge is -2.33. The Bertz CT molecular complexity index is 933. The Morgan fingerprint density at radius 2 is 1.77 bits per heavy atom. The molecule has 0 unspecified atom stereocenters. The molecule has 1 aliphatic rings. The van der Waals surface area contributed by atoms with Crippen LogP contribution in [0.3, 0.4) is 0 Å². The number of aryl methyl sites for hydroxylation is 1. The Kier molecular flexibility index (Phi) is 4.73. The fourth-order valence-corrected chi connectivity index (χ4v) is 4.67. The van der Waals surface area contributed by atoms with Crippen LogP contribution < -0.4 is 9.64 Å². The number of ether oxygens (including phenoxy) is 1. The van der Waals surface area contributed by atoms with Crippen molar-refractivity contribution in [3.8, 4) is 16.9 Å². The van der Waals surface area contributed by atoms with Crippen molar-refractivity contribution in [2.75, 3.05) is 45.2 Å². The molecule has 2 aromatic heterocycles. The minimum Gasteiger partial charge on any atom is -0.497 e. The average Bonchev–Trinajstić information content (AvgIpc) is 2.97. The summed E-state index contributed by atoms with van der Waals surface area (Å²) in [5, 5.41) is 1.42. The van der Waals surface area contributed by atoms with Gasteiger partial charge in [-0.3, -0.25) is 0 Å². The van der Waals surface area contributed by atoms with Crippen molar-refractivity contribution in [1.29, 1.82) is 0 Å². The van der Waals surface area contributed by atoms with Crippen LogP contribution in [-0.4, -0.2) is 55.2 Å². The van der Waals surface area contributed by atoms with Crippen LogP contribution in [-0.2, 0) is 0 Å². The Labute approximate surface area is 162 Å². The maximum absolute atomic E-state index is 6.25. The van der Waals surface area contributed by atoms with E-state index in [4.69, 9.17) is 16.3 Å². The van der Waals surface area contributed by atoms with E-state index in [1.165, 1.54) is 10.4 Å². The topological polar surface area (TPSA) is 41.5 Å². The molecule has 136 valence electrons. The number of fused-ring (bicyclic) bond motifs is 1. The zero-order chi connectivity index (χ0) is 18.3. The van der Waals surface area contributed by atoms with E-state index in [2.05, 4.69) is 45.9 Å². The molecule has 4 rings (SSSR count). The average molecular weight is 389 g/mol. The first-order chi connectivity index (χ1) is 12.6. The molecule has 3 aromatic rings. The largest absolute Gasteiger partial charge is 0.497 e. The predicted octanol–water partition coefficient (Wildman–Crippen LogP) is 4.08. The third-order valence-corrected chi connectivity index (χ3v) is 6.03. The van der Waals surface area contributed by atoms with Gasteiger partial charge in [0.25, 0.3) is 0 Å². The van der Waals surface area contributed by atoms with Gasteiger partial charge in [-0.2, -0.15) is 4.98 Å². The summed E-state index contributed by atoms with van der Waals surface area (Å²) in [6, 6.07) is 8.17. The van der Waals surface area contributed by atoms with Crippen LogP contribution in [0.5, 0.6) is 5.75 Å². The van der Waals surface area contributed by atoms with E-state index in [0.717, 1.165) is 53.5 Å². The van der Waals surface area contributed by atoms with Crippen molar-refractivity contribution in [2.45, 2.75) is 6.92 Å². The van der Waals surface area contributed by atoms with Crippen LogP contribution in [0, 0.1) is 6.92 Å². The summed E-state index contributed by atoms with van der Waals surface area (Å²) in [5.41, 5.74) is 2.34. The molecule has 0 aliphatic carbocycles. The molecule has 0 atom stereocenters. The maximum Gasteiger partial charge on any atom is 0.225 e. The minimum absolute atomic E-state index is 0.314. The molecule has 1 fully saturated rings. The molecule has 1 aromatic carbocycles. The summed E-state index contributed by atoms with van der Waals surface area (Å²) in [7, 11) is 3.83. The van der Waals surface area contributed by atoms with Gasteiger partial charge < -0.3 is 14.5 Å². The fraction of sp³-hybridized carbons (Fsp3) is 0.368. The number of anilines is 1. The van der Waals surface area contributed by atoms with E-state index in [1.54, 1.807) is 18.4 Å². The number of nitrogens with zero attached hydrogens (tertiary/aromatic N) is 4. The summed E-state index contributed by atoms with van der Waals surface area (Å²) in [4.78, 5) is 16.0. The summed E-state index contributed by atoms with van der Waals surface area (Å²) in [6.07, 6.45) is 0. The molecule has 3 heterocycles. The van der Waals surface area contributed by atoms with Gasteiger partial charge in [-0.15, -0.1) is 11.3 Å². The lowest BCUT2D eigenvalue weighted by molar-refractivity contribution is 0.312. The fourth-order valence-electron chi connectivity index (χ4n) is 3.42. The van der Waals surface area contributed by atoms with Gasteiger partial charge in [0.2, 0.25) is 5.28 Å². The lowest BCUT2D eigenvalue weighted by atomic mass is 10.0. The molecule has 0 saturated carbocycles. The van der Waals surface area contributed by atoms with Crippen molar-refractivity contribution >= 4 is 39.0 Å². The first kappa shape index (κ1) is 17.5. The predicted molar refractivity (Wildman–Crippen MR) is 109 cm³/mol. The van der Waals surface area contributed by atoms with Crippen molar-refractivity contribution in [1.82, 2.24) is 14.9 Å². The van der Waals surface area contributed by atoms with E-state index in [0.29, 0.717) is 5.28 Å². The van der Waals surface area contributed by atoms with Crippen molar-refractivity contribution in [3.05, 3.63) is 34.4 Å². The number of hydrogen-bond acceptors (Lipinski definition) is 6. The Morgan fingerprint density at radius 1 is 1.08 bits per heavy atom. The van der Waals surface area contributed by atoms with Gasteiger partial charge >= 0.3 is 0 Å². The van der Waals surface area contributed by atoms with Crippen LogP contribution in [0.15, 0.2) is 24.3 Å². The number of hydrogen-bond donors (Lipinski definition) is 0. The van der Waals surface area contributed by atoms with E-state index >= 15 is 0 Å². The molecule has 0 bridgehead atoms. The summed E-state index contributed by atoms with van der Waals surface area (Å²) in [6.45, 7) is 6.05. The second-order valence-corrected chi connectivity index (χ2v) is 8.09. The van der Waals surface area contributed by atoms with Crippen LogP contribution >= 0.6 is 22.9 Å². The molecule has 7 heteroatoms. The molecule has 5 nitrogen and oxygen atoms in total. The first-order valence-corrected chi connectivity index (χ1v) is 9.81. The zero-order valence-corrected chi connectivity index (χ0v) is 16.7. The van der Waals surface area contributed by atoms with E-state index in [-0.39, 0.29) is 0 Å². The number of piperazine rings is 1. The SMILES string of the molecule is COc1ccc(-c2c(C)sc3nc(Cl)nc(N4CCN(C)CC4)c23)cc1. The Hall–Kier alpha value is -1.89. The molecule has 1 saturated heterocycles. The smallest absolute Gasteiger partial charge is 0.225 e. The molecule has 0 spiro atoms. The van der Waals surface area contributed by atoms with Gasteiger partial charge in [-0.25, -0.2) is 4.98 Å². The van der Waals surface area contributed by atoms with Crippen molar-refractivity contribution in [3.63, 3.8) is 0 Å². The number of aromatic nitrogens is 2. The number of methoxy groups -OCH3 is 1. The normalized spacial score (nSPS) is 15.6. The van der Waals surface area contributed by atoms with Gasteiger partial charge in [0.1, 0.15) is 16.4 Å². The molecule has 0 amide bonds. The first-order valence-electron chi connectivity index (χ1n) is 8.61. The quantitative estimate of drug-likeness (QED) is 0.632. The highest BCUT2D eigenvalue weighted by Crippen LogP contribution is 2.42. The van der Waals surface area contributed by atoms with E-state index in [9.17, 15) is 0 Å². The van der Waals surface area contributed by atoms with Crippen LogP contribution in [0.1, 0.15) is 4.88 Å². The van der Waals surface area contributed by atoms with E-state index in [1.807, 2.05) is 12.1 Å². The third kappa shape index (κ3) is 3.13. The van der Waals surface area contributed by atoms with Gasteiger partial charge in [0.05, 0.1) is 12.5 Å². The highest BCUT2D eigenvalue weighted by molar-refractivity contribution is 7.19. The number of halogens is 1. The Balaban J connectivity index is 1.88. The van der Waals surface area contributed by atoms with Crippen LogP contribution in [0.2, 0.25) is 5.28 Å². The Morgan fingerprint density at radius 3 is 2.42 bits per heavy atom. The summed E-state index contributed by atoms with van der Waals surface area (Å²) >= 11 is 7.92. The second kappa shape index (κ2) is 7.02. The van der Waals surface area contributed by atoms with Gasteiger partial charge in [0.15, 0.2) is 0 Å². The number of rotatable bonds is 3. The van der Waals surface area contributed by atoms with E-state index < -0.39 is 0 Å². The summed E-state index contributed by atoms with van der Waals surface area (Å²) < 4.78 is 5.30. The van der Waals surface area contributed by atoms with Gasteiger partial charge in [-0.05, 0) is 43.3 Å². The molecule has 0 N–H and O–H groups in total.